The largest absolute Gasteiger partial charge is 0.495 e. The SMILES string of the molecule is COc1cc2cc(c1Cl)N(C)C(=O)CCC1(C)OC1(C[C@@H](C(=O)O)N(C)C(=O)CCS)[C@H](C)C1CC(C/C=C/C=C(\C)C2)NC(=O)O1. The molecule has 0 spiro atoms. The second-order valence-corrected chi connectivity index (χ2v) is 13.8. The normalized spacial score (nSPS) is 30.5. The Morgan fingerprint density at radius 2 is 2.04 bits per heavy atom. The number of methoxy groups -OCH3 is 1. The summed E-state index contributed by atoms with van der Waals surface area (Å²) in [6.45, 7) is 5.74. The molecule has 3 amide bonds. The van der Waals surface area contributed by atoms with Gasteiger partial charge in [-0.1, -0.05) is 42.3 Å². The Hall–Kier alpha value is -3.22. The molecule has 4 bridgehead atoms. The number of thiol groups is 1. The number of carbonyl (C=O) groups excluding carboxylic acids is 3. The average Bonchev–Trinajstić information content (AvgIpc) is 3.63. The number of epoxide rings is 1. The van der Waals surface area contributed by atoms with E-state index in [9.17, 15) is 24.3 Å². The molecule has 11 nitrogen and oxygen atoms in total. The Kier molecular flexibility index (Phi) is 11.6. The lowest BCUT2D eigenvalue weighted by molar-refractivity contribution is -0.150. The van der Waals surface area contributed by atoms with Gasteiger partial charge in [0.25, 0.3) is 0 Å². The van der Waals surface area contributed by atoms with Crippen molar-refractivity contribution in [2.24, 2.45) is 5.92 Å². The number of fused-ring (bicyclic) bond motifs is 5. The third-order valence-electron chi connectivity index (χ3n) is 9.89. The maximum absolute atomic E-state index is 13.7. The molecule has 0 saturated carbocycles. The summed E-state index contributed by atoms with van der Waals surface area (Å²) < 4.78 is 17.9. The predicted octanol–water partition coefficient (Wildman–Crippen LogP) is 5.19. The number of nitrogens with zero attached hydrogens (tertiary/aromatic N) is 2. The molecule has 2 fully saturated rings. The first-order chi connectivity index (χ1) is 22.2. The standard InChI is InChI=1S/C34H46ClN3O8S/c1-20-9-7-8-10-23-18-26(45-32(43)36-23)21(2)34(19-25(31(41)42)38(5)29(40)12-14-47)33(3,46-34)13-11-28(39)37(4)24-16-22(15-20)17-27(44-6)30(24)35/h7-9,16-17,21,23,25-26,47H,10-15,18-19H2,1-6H3,(H,36,43)(H,41,42)/b8-7+,20-9+/t21-,23?,25+,26?,33?,34?/m1/s1. The van der Waals surface area contributed by atoms with Crippen LogP contribution in [-0.2, 0) is 30.3 Å². The number of carboxylic acid groups (broad SMARTS) is 1. The Morgan fingerprint density at radius 3 is 2.70 bits per heavy atom. The predicted molar refractivity (Wildman–Crippen MR) is 182 cm³/mol. The summed E-state index contributed by atoms with van der Waals surface area (Å²) >= 11 is 10.8. The van der Waals surface area contributed by atoms with Gasteiger partial charge in [-0.25, -0.2) is 9.59 Å². The summed E-state index contributed by atoms with van der Waals surface area (Å²) in [5, 5.41) is 13.5. The molecule has 2 N–H and O–H groups in total. The molecule has 1 aromatic carbocycles. The van der Waals surface area contributed by atoms with Crippen molar-refractivity contribution >= 4 is 53.8 Å². The molecule has 13 heteroatoms. The number of carbonyl (C=O) groups is 4. The highest BCUT2D eigenvalue weighted by atomic mass is 35.5. The van der Waals surface area contributed by atoms with Crippen molar-refractivity contribution in [1.29, 1.82) is 0 Å². The minimum absolute atomic E-state index is 0.0555. The summed E-state index contributed by atoms with van der Waals surface area (Å²) in [6.07, 6.45) is 6.76. The van der Waals surface area contributed by atoms with Gasteiger partial charge in [-0.2, -0.15) is 12.6 Å². The monoisotopic (exact) mass is 691 g/mol. The molecule has 3 aliphatic rings. The highest BCUT2D eigenvalue weighted by Crippen LogP contribution is 2.60. The number of halogens is 1. The van der Waals surface area contributed by atoms with E-state index in [1.807, 2.05) is 51.1 Å². The summed E-state index contributed by atoms with van der Waals surface area (Å²) in [6, 6.07) is 2.31. The maximum Gasteiger partial charge on any atom is 0.407 e. The zero-order chi connectivity index (χ0) is 34.7. The number of rotatable bonds is 7. The lowest BCUT2D eigenvalue weighted by Crippen LogP contribution is -2.53. The van der Waals surface area contributed by atoms with Crippen LogP contribution in [0.25, 0.3) is 0 Å². The summed E-state index contributed by atoms with van der Waals surface area (Å²) in [7, 11) is 4.65. The Labute approximate surface area is 287 Å². The number of hydrogen-bond acceptors (Lipinski definition) is 8. The molecule has 0 aromatic heterocycles. The highest BCUT2D eigenvalue weighted by Gasteiger charge is 2.71. The van der Waals surface area contributed by atoms with Crippen molar-refractivity contribution in [2.75, 3.05) is 31.9 Å². The average molecular weight is 692 g/mol. The molecule has 258 valence electrons. The minimum Gasteiger partial charge on any atom is -0.495 e. The zero-order valence-electron chi connectivity index (χ0n) is 27.9. The number of aliphatic carboxylic acids is 1. The van der Waals surface area contributed by atoms with Crippen LogP contribution < -0.4 is 15.0 Å². The van der Waals surface area contributed by atoms with Gasteiger partial charge in [-0.05, 0) is 56.6 Å². The first-order valence-electron chi connectivity index (χ1n) is 15.9. The number of alkyl carbamates (subject to hydrolysis) is 1. The van der Waals surface area contributed by atoms with E-state index in [1.165, 1.54) is 24.0 Å². The molecular formula is C34H46ClN3O8S. The van der Waals surface area contributed by atoms with Gasteiger partial charge < -0.3 is 34.4 Å². The molecule has 4 unspecified atom stereocenters. The van der Waals surface area contributed by atoms with E-state index in [0.29, 0.717) is 35.7 Å². The van der Waals surface area contributed by atoms with Crippen LogP contribution in [-0.4, -0.2) is 90.2 Å². The van der Waals surface area contributed by atoms with Crippen LogP contribution in [0.15, 0.2) is 35.9 Å². The Balaban J connectivity index is 1.74. The molecular weight excluding hydrogens is 646 g/mol. The van der Waals surface area contributed by atoms with E-state index in [4.69, 9.17) is 25.8 Å². The molecule has 3 aliphatic heterocycles. The van der Waals surface area contributed by atoms with Crippen LogP contribution in [0.3, 0.4) is 0 Å². The van der Waals surface area contributed by atoms with Crippen molar-refractivity contribution in [3.8, 4) is 5.75 Å². The number of nitrogens with one attached hydrogen (secondary N) is 1. The lowest BCUT2D eigenvalue weighted by atomic mass is 9.73. The van der Waals surface area contributed by atoms with Crippen LogP contribution in [0.5, 0.6) is 5.75 Å². The zero-order valence-corrected chi connectivity index (χ0v) is 29.5. The Morgan fingerprint density at radius 1 is 1.32 bits per heavy atom. The van der Waals surface area contributed by atoms with E-state index in [-0.39, 0.29) is 49.3 Å². The number of carboxylic acids is 1. The fourth-order valence-electron chi connectivity index (χ4n) is 6.90. The topological polar surface area (TPSA) is 138 Å². The van der Waals surface area contributed by atoms with Crippen LogP contribution in [0.4, 0.5) is 10.5 Å². The lowest BCUT2D eigenvalue weighted by Gasteiger charge is -2.38. The van der Waals surface area contributed by atoms with Gasteiger partial charge >= 0.3 is 12.1 Å². The van der Waals surface area contributed by atoms with Crippen LogP contribution in [0.2, 0.25) is 5.02 Å². The molecule has 47 heavy (non-hydrogen) atoms. The molecule has 1 aromatic rings. The van der Waals surface area contributed by atoms with Gasteiger partial charge in [0.15, 0.2) is 0 Å². The van der Waals surface area contributed by atoms with E-state index in [0.717, 1.165) is 11.1 Å². The quantitative estimate of drug-likeness (QED) is 0.262. The molecule has 0 radical (unpaired) electrons. The number of allylic oxidation sites excluding steroid dienone is 3. The second-order valence-electron chi connectivity index (χ2n) is 13.0. The summed E-state index contributed by atoms with van der Waals surface area (Å²) in [5.41, 5.74) is 0.433. The molecule has 4 rings (SSSR count). The smallest absolute Gasteiger partial charge is 0.407 e. The van der Waals surface area contributed by atoms with Crippen molar-refractivity contribution in [2.45, 2.75) is 95.1 Å². The van der Waals surface area contributed by atoms with E-state index < -0.39 is 41.3 Å². The second kappa shape index (κ2) is 14.9. The number of ether oxygens (including phenoxy) is 3. The number of benzene rings is 1. The van der Waals surface area contributed by atoms with Gasteiger partial charge in [-0.15, -0.1) is 0 Å². The van der Waals surface area contributed by atoms with Crippen LogP contribution in [0, 0.1) is 5.92 Å². The minimum atomic E-state index is -1.22. The Bertz CT molecular complexity index is 1450. The van der Waals surface area contributed by atoms with Gasteiger partial charge in [0, 0.05) is 51.7 Å². The summed E-state index contributed by atoms with van der Waals surface area (Å²) in [4.78, 5) is 54.6. The van der Waals surface area contributed by atoms with Crippen molar-refractivity contribution < 1.29 is 38.5 Å². The van der Waals surface area contributed by atoms with Gasteiger partial charge in [-0.3, -0.25) is 9.59 Å². The number of hydrogen-bond donors (Lipinski definition) is 3. The fourth-order valence-corrected chi connectivity index (χ4v) is 7.41. The van der Waals surface area contributed by atoms with Gasteiger partial charge in [0.2, 0.25) is 11.8 Å². The van der Waals surface area contributed by atoms with Crippen LogP contribution >= 0.6 is 24.2 Å². The van der Waals surface area contributed by atoms with Gasteiger partial charge in [0.05, 0.1) is 18.4 Å². The molecule has 0 aliphatic carbocycles. The van der Waals surface area contributed by atoms with Crippen LogP contribution in [0.1, 0.15) is 64.9 Å². The van der Waals surface area contributed by atoms with Gasteiger partial charge in [0.1, 0.15) is 28.5 Å². The molecule has 3 heterocycles. The third-order valence-corrected chi connectivity index (χ3v) is 10.5. The van der Waals surface area contributed by atoms with Crippen molar-refractivity contribution in [3.63, 3.8) is 0 Å². The fraction of sp³-hybridized carbons (Fsp3) is 0.588. The van der Waals surface area contributed by atoms with Crippen molar-refractivity contribution in [3.05, 3.63) is 46.5 Å². The highest BCUT2D eigenvalue weighted by molar-refractivity contribution is 7.80. The first kappa shape index (κ1) is 36.6. The molecule has 2 saturated heterocycles. The van der Waals surface area contributed by atoms with E-state index >= 15 is 0 Å². The van der Waals surface area contributed by atoms with Crippen molar-refractivity contribution in [1.82, 2.24) is 10.2 Å². The first-order valence-corrected chi connectivity index (χ1v) is 16.9. The maximum atomic E-state index is 13.7. The third kappa shape index (κ3) is 7.92. The molecule has 6 atom stereocenters. The van der Waals surface area contributed by atoms with E-state index in [1.54, 1.807) is 7.05 Å². The number of amides is 3. The number of anilines is 1. The number of likely N-dealkylation sites (N-methyl/N-ethyl adjacent to an activating group) is 1. The van der Waals surface area contributed by atoms with E-state index in [2.05, 4.69) is 17.9 Å². The summed E-state index contributed by atoms with van der Waals surface area (Å²) in [5.74, 6) is -1.49.